The summed E-state index contributed by atoms with van der Waals surface area (Å²) in [5.74, 6) is -11.4. The van der Waals surface area contributed by atoms with Gasteiger partial charge in [-0.2, -0.15) is 0 Å². The summed E-state index contributed by atoms with van der Waals surface area (Å²) in [6.45, 7) is 11.7. The molecule has 15 heteroatoms. The third-order valence-electron chi connectivity index (χ3n) is 10.6. The fourth-order valence-corrected chi connectivity index (χ4v) is 7.37. The number of ether oxygens (including phenoxy) is 6. The van der Waals surface area contributed by atoms with Gasteiger partial charge in [-0.15, -0.1) is 0 Å². The molecule has 0 unspecified atom stereocenters. The van der Waals surface area contributed by atoms with Crippen LogP contribution in [-0.2, 0) is 43.9 Å². The Hall–Kier alpha value is -4.83. The summed E-state index contributed by atoms with van der Waals surface area (Å²) in [4.78, 5) is 66.6. The number of allylic oxidation sites excluding steroid dienone is 3. The fraction of sp³-hybridized carbons (Fsp3) is 0.513. The first-order chi connectivity index (χ1) is 25.3. The van der Waals surface area contributed by atoms with Crippen LogP contribution in [0, 0.1) is 30.6 Å². The van der Waals surface area contributed by atoms with E-state index in [4.69, 9.17) is 28.4 Å². The maximum Gasteiger partial charge on any atom is 0.335 e. The number of hydrogen-bond acceptors (Lipinski definition) is 14. The highest BCUT2D eigenvalue weighted by atomic mass is 16.8. The Morgan fingerprint density at radius 1 is 0.963 bits per heavy atom. The van der Waals surface area contributed by atoms with E-state index in [0.717, 1.165) is 12.3 Å². The Balaban J connectivity index is 1.66. The van der Waals surface area contributed by atoms with Crippen molar-refractivity contribution in [1.29, 1.82) is 0 Å². The molecule has 4 N–H and O–H groups in total. The molecule has 54 heavy (non-hydrogen) atoms. The van der Waals surface area contributed by atoms with Crippen molar-refractivity contribution in [2.24, 2.45) is 23.7 Å². The highest BCUT2D eigenvalue weighted by Crippen LogP contribution is 2.53. The molecule has 1 aliphatic carbocycles. The summed E-state index contributed by atoms with van der Waals surface area (Å²) in [5.41, 5.74) is -1.23. The number of fused-ring (bicyclic) bond motifs is 13. The predicted octanol–water partition coefficient (Wildman–Crippen LogP) is 3.17. The lowest BCUT2D eigenvalue weighted by Gasteiger charge is -2.38. The van der Waals surface area contributed by atoms with Gasteiger partial charge in [-0.25, -0.2) is 4.79 Å². The molecule has 5 bridgehead atoms. The second kappa shape index (κ2) is 15.1. The number of carbonyl (C=O) groups excluding carboxylic acids is 5. The number of aromatic hydroxyl groups is 1. The standard InChI is InChI=1S/C39H47NO14/c1-17-11-10-12-18(2)37(48)40-24-15-39(51-16-26(42)53-39)29-27(33(24)46)32(45)22(6)35-28(29)36(47)38(8,54-35)50-14-13-25(49-9)19(3)34(52-23(7)41)21(5)31(44)20(4)30(17)43/h10-15,17,19-21,25,30-31,34,43-45H,16H2,1-9H3,(H,40,48)/b11-10-,14-13-,18-12-/t17-,19+,20+,21+,25-,30-,31+,34+,38-,39+/m0/s1. The maximum absolute atomic E-state index is 14.3. The van der Waals surface area contributed by atoms with Gasteiger partial charge in [-0.05, 0) is 19.9 Å². The van der Waals surface area contributed by atoms with Gasteiger partial charge < -0.3 is 49.1 Å². The van der Waals surface area contributed by atoms with Crippen LogP contribution in [0.3, 0.4) is 0 Å². The lowest BCUT2D eigenvalue weighted by molar-refractivity contribution is -0.161. The van der Waals surface area contributed by atoms with E-state index in [2.05, 4.69) is 5.32 Å². The minimum atomic E-state index is -2.21. The fourth-order valence-electron chi connectivity index (χ4n) is 7.37. The van der Waals surface area contributed by atoms with Crippen LogP contribution in [-0.4, -0.2) is 88.7 Å². The summed E-state index contributed by atoms with van der Waals surface area (Å²) in [6.07, 6.45) is 4.41. The van der Waals surface area contributed by atoms with E-state index in [1.165, 1.54) is 47.0 Å². The van der Waals surface area contributed by atoms with Crippen LogP contribution in [0.5, 0.6) is 11.5 Å². The lowest BCUT2D eigenvalue weighted by atomic mass is 9.78. The number of esters is 2. The highest BCUT2D eigenvalue weighted by molar-refractivity contribution is 6.19. The zero-order valence-corrected chi connectivity index (χ0v) is 31.6. The van der Waals surface area contributed by atoms with Crippen molar-refractivity contribution in [3.05, 3.63) is 70.2 Å². The van der Waals surface area contributed by atoms with E-state index in [0.29, 0.717) is 0 Å². The van der Waals surface area contributed by atoms with Gasteiger partial charge in [0.2, 0.25) is 5.78 Å². The van der Waals surface area contributed by atoms with Crippen LogP contribution >= 0.6 is 0 Å². The van der Waals surface area contributed by atoms with E-state index in [1.807, 2.05) is 0 Å². The molecule has 4 aliphatic heterocycles. The van der Waals surface area contributed by atoms with E-state index < -0.39 is 107 Å². The van der Waals surface area contributed by atoms with Gasteiger partial charge in [0.1, 0.15) is 24.2 Å². The van der Waals surface area contributed by atoms with Crippen molar-refractivity contribution in [3.63, 3.8) is 0 Å². The lowest BCUT2D eigenvalue weighted by Crippen LogP contribution is -2.46. The highest BCUT2D eigenvalue weighted by Gasteiger charge is 2.58. The Labute approximate surface area is 312 Å². The van der Waals surface area contributed by atoms with Gasteiger partial charge in [0.05, 0.1) is 47.0 Å². The molecule has 0 saturated carbocycles. The maximum atomic E-state index is 14.3. The van der Waals surface area contributed by atoms with Crippen molar-refractivity contribution < 1.29 is 67.7 Å². The third kappa shape index (κ3) is 7.08. The first-order valence-electron chi connectivity index (χ1n) is 17.6. The average molecular weight is 754 g/mol. The number of amides is 1. The van der Waals surface area contributed by atoms with Crippen LogP contribution in [0.1, 0.15) is 80.3 Å². The van der Waals surface area contributed by atoms with Gasteiger partial charge in [0, 0.05) is 61.8 Å². The molecule has 292 valence electrons. The van der Waals surface area contributed by atoms with Gasteiger partial charge in [0.25, 0.3) is 17.5 Å². The molecule has 6 rings (SSSR count). The molecule has 4 heterocycles. The SMILES string of the molecule is CO[C@H]1/C=C\O[C@@]2(C)Oc3c(C)c(O)c4c(c3C2=O)[C@]2(C=C(NC(=O)/C(C)=C\C=C/[C@H](C)[C@H](O)[C@@H](C)[C@@H](O)[C@@H](C)[C@H](OC(C)=O)[C@@H]1C)C4=O)OCC(=O)O2. The van der Waals surface area contributed by atoms with Gasteiger partial charge in [-0.1, -0.05) is 45.9 Å². The zero-order chi connectivity index (χ0) is 40.0. The molecule has 15 nitrogen and oxygen atoms in total. The quantitative estimate of drug-likeness (QED) is 0.320. The van der Waals surface area contributed by atoms with Gasteiger partial charge in [-0.3, -0.25) is 19.2 Å². The molecule has 1 aromatic carbocycles. The van der Waals surface area contributed by atoms with E-state index >= 15 is 0 Å². The predicted molar refractivity (Wildman–Crippen MR) is 189 cm³/mol. The third-order valence-corrected chi connectivity index (χ3v) is 10.6. The number of ketones is 2. The number of phenols is 1. The van der Waals surface area contributed by atoms with E-state index in [9.17, 15) is 39.3 Å². The summed E-state index contributed by atoms with van der Waals surface area (Å²) in [7, 11) is 1.42. The molecular formula is C39H47NO14. The summed E-state index contributed by atoms with van der Waals surface area (Å²) >= 11 is 0. The topological polar surface area (TPSA) is 213 Å². The molecular weight excluding hydrogens is 706 g/mol. The molecule has 1 amide bonds. The first-order valence-corrected chi connectivity index (χ1v) is 17.6. The van der Waals surface area contributed by atoms with Crippen LogP contribution in [0.15, 0.2) is 47.9 Å². The molecule has 10 atom stereocenters. The second-order valence-electron chi connectivity index (χ2n) is 14.4. The van der Waals surface area contributed by atoms with Crippen molar-refractivity contribution in [2.45, 2.75) is 91.4 Å². The van der Waals surface area contributed by atoms with Crippen molar-refractivity contribution >= 4 is 29.4 Å². The Morgan fingerprint density at radius 2 is 1.65 bits per heavy atom. The molecule has 5 aliphatic rings. The smallest absolute Gasteiger partial charge is 0.335 e. The molecule has 1 fully saturated rings. The van der Waals surface area contributed by atoms with Crippen molar-refractivity contribution in [2.75, 3.05) is 13.7 Å². The number of carbonyl (C=O) groups is 5. The van der Waals surface area contributed by atoms with Crippen LogP contribution in [0.2, 0.25) is 0 Å². The Kier molecular flexibility index (Phi) is 11.3. The number of Topliss-reactive ketones (excluding diaryl/α,β-unsaturated/α-hetero) is 2. The zero-order valence-electron chi connectivity index (χ0n) is 31.6. The molecule has 0 aromatic heterocycles. The number of aliphatic hydroxyl groups excluding tert-OH is 2. The largest absolute Gasteiger partial charge is 0.507 e. The minimum Gasteiger partial charge on any atom is -0.507 e. The molecule has 1 saturated heterocycles. The number of aliphatic hydroxyl groups is 2. The van der Waals surface area contributed by atoms with Crippen molar-refractivity contribution in [1.82, 2.24) is 5.32 Å². The average Bonchev–Trinajstić information content (AvgIpc) is 3.62. The van der Waals surface area contributed by atoms with E-state index in [1.54, 1.807) is 39.8 Å². The normalized spacial score (nSPS) is 36.6. The number of methoxy groups -OCH3 is 1. The second-order valence-corrected chi connectivity index (χ2v) is 14.4. The van der Waals surface area contributed by atoms with Crippen LogP contribution in [0.4, 0.5) is 0 Å². The van der Waals surface area contributed by atoms with Crippen molar-refractivity contribution in [3.8, 4) is 11.5 Å². The number of rotatable bonds is 2. The minimum absolute atomic E-state index is 0.00812. The van der Waals surface area contributed by atoms with E-state index in [-0.39, 0.29) is 33.7 Å². The first kappa shape index (κ1) is 40.4. The van der Waals surface area contributed by atoms with Crippen LogP contribution < -0.4 is 10.1 Å². The number of hydrogen-bond donors (Lipinski definition) is 4. The van der Waals surface area contributed by atoms with Gasteiger partial charge in [0.15, 0.2) is 0 Å². The van der Waals surface area contributed by atoms with Gasteiger partial charge >= 0.3 is 17.7 Å². The molecule has 0 radical (unpaired) electrons. The van der Waals surface area contributed by atoms with Crippen LogP contribution in [0.25, 0.3) is 0 Å². The Morgan fingerprint density at radius 3 is 2.26 bits per heavy atom. The number of benzene rings is 1. The number of nitrogens with one attached hydrogen (secondary N) is 1. The summed E-state index contributed by atoms with van der Waals surface area (Å²) < 4.78 is 34.8. The number of phenolic OH excluding ortho intramolecular Hbond substituents is 1. The summed E-state index contributed by atoms with van der Waals surface area (Å²) in [5, 5.41) is 36.6. The molecule has 1 spiro atoms. The monoisotopic (exact) mass is 753 g/mol. The summed E-state index contributed by atoms with van der Waals surface area (Å²) in [6, 6.07) is 0. The molecule has 1 aromatic rings. The Bertz CT molecular complexity index is 1880.